The normalized spacial score (nSPS) is 24.9. The largest absolute Gasteiger partial charge is 0.379 e. The van der Waals surface area contributed by atoms with Crippen molar-refractivity contribution in [3.8, 4) is 0 Å². The van der Waals surface area contributed by atoms with Gasteiger partial charge in [-0.05, 0) is 30.9 Å². The molecule has 0 amide bonds. The summed E-state index contributed by atoms with van der Waals surface area (Å²) in [5, 5.41) is 3.59. The number of rotatable bonds is 4. The van der Waals surface area contributed by atoms with E-state index in [0.29, 0.717) is 0 Å². The number of hydrogen-bond acceptors (Lipinski definition) is 2. The van der Waals surface area contributed by atoms with E-state index in [1.807, 2.05) is 0 Å². The summed E-state index contributed by atoms with van der Waals surface area (Å²) in [5.41, 5.74) is 2.92. The molecule has 88 valence electrons. The highest BCUT2D eigenvalue weighted by Crippen LogP contribution is 2.18. The number of hydrogen-bond donors (Lipinski definition) is 1. The van der Waals surface area contributed by atoms with Gasteiger partial charge in [0.05, 0.1) is 6.61 Å². The first-order valence-corrected chi connectivity index (χ1v) is 6.12. The summed E-state index contributed by atoms with van der Waals surface area (Å²) >= 11 is 0. The molecule has 1 aromatic rings. The first-order chi connectivity index (χ1) is 7.72. The third-order valence-corrected chi connectivity index (χ3v) is 3.37. The summed E-state index contributed by atoms with van der Waals surface area (Å²) in [5.74, 6) is 0. The van der Waals surface area contributed by atoms with Gasteiger partial charge in [0.2, 0.25) is 0 Å². The maximum atomic E-state index is 5.42. The molecule has 2 heteroatoms. The molecular formula is C14H21NO. The second kappa shape index (κ2) is 4.98. The van der Waals surface area contributed by atoms with Crippen molar-refractivity contribution >= 4 is 0 Å². The monoisotopic (exact) mass is 219 g/mol. The van der Waals surface area contributed by atoms with Crippen molar-refractivity contribution in [1.29, 1.82) is 0 Å². The average molecular weight is 219 g/mol. The van der Waals surface area contributed by atoms with Crippen LogP contribution in [0.2, 0.25) is 0 Å². The Morgan fingerprint density at radius 1 is 1.25 bits per heavy atom. The van der Waals surface area contributed by atoms with Crippen LogP contribution in [0.15, 0.2) is 24.3 Å². The predicted molar refractivity (Wildman–Crippen MR) is 66.5 cm³/mol. The molecule has 0 saturated carbocycles. The molecule has 2 rings (SSSR count). The fourth-order valence-corrected chi connectivity index (χ4v) is 2.01. The highest BCUT2D eigenvalue weighted by atomic mass is 16.5. The molecule has 1 atom stereocenters. The van der Waals surface area contributed by atoms with E-state index in [-0.39, 0.29) is 5.54 Å². The van der Waals surface area contributed by atoms with Gasteiger partial charge >= 0.3 is 0 Å². The number of nitrogens with one attached hydrogen (secondary N) is 1. The van der Waals surface area contributed by atoms with Gasteiger partial charge in [0.1, 0.15) is 0 Å². The van der Waals surface area contributed by atoms with Crippen LogP contribution in [0.5, 0.6) is 0 Å². The van der Waals surface area contributed by atoms with Gasteiger partial charge in [0.25, 0.3) is 0 Å². The third-order valence-electron chi connectivity index (χ3n) is 3.37. The number of aryl methyl sites for hydroxylation is 1. The van der Waals surface area contributed by atoms with Crippen LogP contribution in [0.25, 0.3) is 0 Å². The zero-order chi connectivity index (χ0) is 11.4. The van der Waals surface area contributed by atoms with Crippen LogP contribution in [0.4, 0.5) is 0 Å². The summed E-state index contributed by atoms with van der Waals surface area (Å²) in [4.78, 5) is 0. The second-order valence-electron chi connectivity index (χ2n) is 4.89. The lowest BCUT2D eigenvalue weighted by atomic mass is 10.0. The molecule has 1 saturated heterocycles. The van der Waals surface area contributed by atoms with E-state index in [1.165, 1.54) is 11.1 Å². The van der Waals surface area contributed by atoms with Crippen molar-refractivity contribution in [2.75, 3.05) is 13.2 Å². The SMILES string of the molecule is CCc1ccc(CNC2(C)CCOC2)cc1. The van der Waals surface area contributed by atoms with Gasteiger partial charge in [-0.25, -0.2) is 0 Å². The van der Waals surface area contributed by atoms with E-state index in [2.05, 4.69) is 43.4 Å². The molecule has 1 aliphatic rings. The van der Waals surface area contributed by atoms with E-state index in [0.717, 1.165) is 32.6 Å². The smallest absolute Gasteiger partial charge is 0.0646 e. The summed E-state index contributed by atoms with van der Waals surface area (Å²) in [6.07, 6.45) is 2.22. The molecule has 0 aromatic heterocycles. The molecule has 1 unspecified atom stereocenters. The molecule has 0 radical (unpaired) electrons. The van der Waals surface area contributed by atoms with Crippen molar-refractivity contribution in [2.45, 2.75) is 38.8 Å². The van der Waals surface area contributed by atoms with Gasteiger partial charge in [-0.1, -0.05) is 31.2 Å². The van der Waals surface area contributed by atoms with Crippen molar-refractivity contribution in [1.82, 2.24) is 5.32 Å². The fourth-order valence-electron chi connectivity index (χ4n) is 2.01. The average Bonchev–Trinajstić information content (AvgIpc) is 2.75. The third kappa shape index (κ3) is 2.83. The molecular weight excluding hydrogens is 198 g/mol. The Kier molecular flexibility index (Phi) is 3.62. The van der Waals surface area contributed by atoms with Crippen LogP contribution >= 0.6 is 0 Å². The van der Waals surface area contributed by atoms with Crippen molar-refractivity contribution in [2.24, 2.45) is 0 Å². The quantitative estimate of drug-likeness (QED) is 0.840. The van der Waals surface area contributed by atoms with Crippen LogP contribution in [-0.2, 0) is 17.7 Å². The minimum Gasteiger partial charge on any atom is -0.379 e. The van der Waals surface area contributed by atoms with Gasteiger partial charge in [-0.2, -0.15) is 0 Å². The minimum absolute atomic E-state index is 0.170. The minimum atomic E-state index is 0.170. The van der Waals surface area contributed by atoms with Crippen molar-refractivity contribution in [3.05, 3.63) is 35.4 Å². The topological polar surface area (TPSA) is 21.3 Å². The van der Waals surface area contributed by atoms with Gasteiger partial charge in [0, 0.05) is 18.7 Å². The Labute approximate surface area is 98.0 Å². The maximum Gasteiger partial charge on any atom is 0.0646 e. The van der Waals surface area contributed by atoms with Crippen LogP contribution in [0, 0.1) is 0 Å². The standard InChI is InChI=1S/C14H21NO/c1-3-12-4-6-13(7-5-12)10-15-14(2)8-9-16-11-14/h4-7,15H,3,8-11H2,1-2H3. The summed E-state index contributed by atoms with van der Waals surface area (Å²) in [6, 6.07) is 8.85. The molecule has 2 nitrogen and oxygen atoms in total. The van der Waals surface area contributed by atoms with Gasteiger partial charge < -0.3 is 10.1 Å². The van der Waals surface area contributed by atoms with Gasteiger partial charge in [-0.15, -0.1) is 0 Å². The van der Waals surface area contributed by atoms with Crippen LogP contribution in [-0.4, -0.2) is 18.8 Å². The second-order valence-corrected chi connectivity index (χ2v) is 4.89. The Morgan fingerprint density at radius 3 is 2.50 bits per heavy atom. The lowest BCUT2D eigenvalue weighted by molar-refractivity contribution is 0.171. The van der Waals surface area contributed by atoms with Crippen molar-refractivity contribution in [3.63, 3.8) is 0 Å². The zero-order valence-electron chi connectivity index (χ0n) is 10.3. The summed E-state index contributed by atoms with van der Waals surface area (Å²) in [6.45, 7) is 7.08. The fraction of sp³-hybridized carbons (Fsp3) is 0.571. The maximum absolute atomic E-state index is 5.42. The lowest BCUT2D eigenvalue weighted by Gasteiger charge is -2.23. The van der Waals surface area contributed by atoms with E-state index in [9.17, 15) is 0 Å². The molecule has 1 fully saturated rings. The molecule has 0 aliphatic carbocycles. The van der Waals surface area contributed by atoms with Crippen LogP contribution in [0.1, 0.15) is 31.4 Å². The van der Waals surface area contributed by atoms with Gasteiger partial charge in [0.15, 0.2) is 0 Å². The van der Waals surface area contributed by atoms with Crippen LogP contribution in [0.3, 0.4) is 0 Å². The zero-order valence-corrected chi connectivity index (χ0v) is 10.3. The first kappa shape index (κ1) is 11.6. The number of benzene rings is 1. The molecule has 1 aliphatic heterocycles. The molecule has 16 heavy (non-hydrogen) atoms. The Hall–Kier alpha value is -0.860. The van der Waals surface area contributed by atoms with Gasteiger partial charge in [-0.3, -0.25) is 0 Å². The molecule has 0 spiro atoms. The highest BCUT2D eigenvalue weighted by Gasteiger charge is 2.28. The van der Waals surface area contributed by atoms with E-state index < -0.39 is 0 Å². The van der Waals surface area contributed by atoms with E-state index in [4.69, 9.17) is 4.74 Å². The molecule has 1 heterocycles. The highest BCUT2D eigenvalue weighted by molar-refractivity contribution is 5.22. The van der Waals surface area contributed by atoms with E-state index in [1.54, 1.807) is 0 Å². The lowest BCUT2D eigenvalue weighted by Crippen LogP contribution is -2.42. The number of ether oxygens (including phenoxy) is 1. The molecule has 1 aromatic carbocycles. The Bertz CT molecular complexity index is 325. The summed E-state index contributed by atoms with van der Waals surface area (Å²) in [7, 11) is 0. The van der Waals surface area contributed by atoms with E-state index >= 15 is 0 Å². The molecule has 0 bridgehead atoms. The molecule has 1 N–H and O–H groups in total. The van der Waals surface area contributed by atoms with Crippen molar-refractivity contribution < 1.29 is 4.74 Å². The summed E-state index contributed by atoms with van der Waals surface area (Å²) < 4.78 is 5.42. The predicted octanol–water partition coefficient (Wildman–Crippen LogP) is 2.52. The van der Waals surface area contributed by atoms with Crippen LogP contribution < -0.4 is 5.32 Å². The Balaban J connectivity index is 1.89. The Morgan fingerprint density at radius 2 is 1.94 bits per heavy atom. The first-order valence-electron chi connectivity index (χ1n) is 6.12.